The Labute approximate surface area is 84.4 Å². The summed E-state index contributed by atoms with van der Waals surface area (Å²) in [5, 5.41) is 4.59. The molecule has 0 aliphatic rings. The predicted octanol–water partition coefficient (Wildman–Crippen LogP) is 2.51. The standard InChI is InChI=1S/C10H18N2S/c1-7(2)5-11-6-10-8(3)12-9(4)13-10/h7,11H,5-6H2,1-4H3. The van der Waals surface area contributed by atoms with Gasteiger partial charge in [-0.05, 0) is 26.3 Å². The third-order valence-electron chi connectivity index (χ3n) is 1.84. The van der Waals surface area contributed by atoms with Gasteiger partial charge in [0.05, 0.1) is 10.7 Å². The van der Waals surface area contributed by atoms with Crippen molar-refractivity contribution >= 4 is 11.3 Å². The van der Waals surface area contributed by atoms with Crippen molar-refractivity contribution in [3.05, 3.63) is 15.6 Å². The number of thiazole rings is 1. The summed E-state index contributed by atoms with van der Waals surface area (Å²) in [7, 11) is 0. The number of nitrogens with zero attached hydrogens (tertiary/aromatic N) is 1. The highest BCUT2D eigenvalue weighted by atomic mass is 32.1. The molecule has 0 saturated carbocycles. The Morgan fingerprint density at radius 2 is 2.08 bits per heavy atom. The van der Waals surface area contributed by atoms with Gasteiger partial charge in [-0.15, -0.1) is 11.3 Å². The highest BCUT2D eigenvalue weighted by Gasteiger charge is 2.03. The lowest BCUT2D eigenvalue weighted by atomic mass is 10.2. The van der Waals surface area contributed by atoms with Gasteiger partial charge in [0.1, 0.15) is 0 Å². The van der Waals surface area contributed by atoms with Crippen LogP contribution in [0.4, 0.5) is 0 Å². The van der Waals surface area contributed by atoms with E-state index in [0.29, 0.717) is 5.92 Å². The van der Waals surface area contributed by atoms with E-state index in [0.717, 1.165) is 13.1 Å². The molecule has 0 amide bonds. The second-order valence-corrected chi connectivity index (χ2v) is 5.05. The number of aryl methyl sites for hydroxylation is 2. The molecule has 0 aliphatic carbocycles. The molecular weight excluding hydrogens is 180 g/mol. The van der Waals surface area contributed by atoms with Crippen molar-refractivity contribution in [3.8, 4) is 0 Å². The highest BCUT2D eigenvalue weighted by molar-refractivity contribution is 7.11. The monoisotopic (exact) mass is 198 g/mol. The minimum Gasteiger partial charge on any atom is -0.312 e. The van der Waals surface area contributed by atoms with E-state index in [1.165, 1.54) is 15.6 Å². The molecule has 0 fully saturated rings. The number of hydrogen-bond donors (Lipinski definition) is 1. The van der Waals surface area contributed by atoms with E-state index in [2.05, 4.69) is 38.0 Å². The zero-order valence-corrected chi connectivity index (χ0v) is 9.66. The number of rotatable bonds is 4. The van der Waals surface area contributed by atoms with Gasteiger partial charge in [-0.3, -0.25) is 0 Å². The molecule has 0 radical (unpaired) electrons. The van der Waals surface area contributed by atoms with Crippen LogP contribution in [0.1, 0.15) is 29.4 Å². The summed E-state index contributed by atoms with van der Waals surface area (Å²) in [4.78, 5) is 5.76. The fraction of sp³-hybridized carbons (Fsp3) is 0.700. The van der Waals surface area contributed by atoms with Gasteiger partial charge in [0.25, 0.3) is 0 Å². The first-order chi connectivity index (χ1) is 6.09. The number of hydrogen-bond acceptors (Lipinski definition) is 3. The van der Waals surface area contributed by atoms with Crippen LogP contribution in [0.3, 0.4) is 0 Å². The normalized spacial score (nSPS) is 11.2. The van der Waals surface area contributed by atoms with Crippen molar-refractivity contribution in [3.63, 3.8) is 0 Å². The van der Waals surface area contributed by atoms with Gasteiger partial charge in [-0.25, -0.2) is 4.98 Å². The summed E-state index contributed by atoms with van der Waals surface area (Å²) in [6.45, 7) is 10.6. The van der Waals surface area contributed by atoms with Gasteiger partial charge >= 0.3 is 0 Å². The third kappa shape index (κ3) is 3.44. The summed E-state index contributed by atoms with van der Waals surface area (Å²) in [6.07, 6.45) is 0. The molecule has 1 rings (SSSR count). The van der Waals surface area contributed by atoms with E-state index < -0.39 is 0 Å². The summed E-state index contributed by atoms with van der Waals surface area (Å²) < 4.78 is 0. The number of nitrogens with one attached hydrogen (secondary N) is 1. The van der Waals surface area contributed by atoms with E-state index in [9.17, 15) is 0 Å². The maximum atomic E-state index is 4.39. The Balaban J connectivity index is 2.40. The Hall–Kier alpha value is -0.410. The second-order valence-electron chi connectivity index (χ2n) is 3.77. The van der Waals surface area contributed by atoms with E-state index in [-0.39, 0.29) is 0 Å². The SMILES string of the molecule is Cc1nc(C)c(CNCC(C)C)s1. The van der Waals surface area contributed by atoms with Crippen LogP contribution in [-0.2, 0) is 6.54 Å². The lowest BCUT2D eigenvalue weighted by Gasteiger charge is -2.05. The molecule has 0 saturated heterocycles. The van der Waals surface area contributed by atoms with E-state index in [1.54, 1.807) is 11.3 Å². The maximum absolute atomic E-state index is 4.39. The molecule has 1 heterocycles. The van der Waals surface area contributed by atoms with Crippen LogP contribution in [0.2, 0.25) is 0 Å². The zero-order chi connectivity index (χ0) is 9.84. The molecule has 1 N–H and O–H groups in total. The van der Waals surface area contributed by atoms with E-state index >= 15 is 0 Å². The summed E-state index contributed by atoms with van der Waals surface area (Å²) in [6, 6.07) is 0. The van der Waals surface area contributed by atoms with Gasteiger partial charge in [-0.1, -0.05) is 13.8 Å². The molecule has 2 nitrogen and oxygen atoms in total. The minimum atomic E-state index is 0.717. The van der Waals surface area contributed by atoms with Crippen LogP contribution < -0.4 is 5.32 Å². The van der Waals surface area contributed by atoms with Crippen molar-refractivity contribution in [2.45, 2.75) is 34.2 Å². The van der Waals surface area contributed by atoms with Gasteiger partial charge in [0.15, 0.2) is 0 Å². The molecule has 0 atom stereocenters. The first-order valence-electron chi connectivity index (χ1n) is 4.73. The van der Waals surface area contributed by atoms with Gasteiger partial charge in [-0.2, -0.15) is 0 Å². The molecule has 0 bridgehead atoms. The maximum Gasteiger partial charge on any atom is 0.0900 e. The Morgan fingerprint density at radius 3 is 2.54 bits per heavy atom. The molecule has 1 aromatic heterocycles. The molecule has 13 heavy (non-hydrogen) atoms. The smallest absolute Gasteiger partial charge is 0.0900 e. The van der Waals surface area contributed by atoms with Crippen molar-refractivity contribution in [2.75, 3.05) is 6.54 Å². The Bertz CT molecular complexity index is 266. The van der Waals surface area contributed by atoms with Gasteiger partial charge in [0, 0.05) is 11.4 Å². The Kier molecular flexibility index (Phi) is 3.88. The first-order valence-corrected chi connectivity index (χ1v) is 5.55. The van der Waals surface area contributed by atoms with Crippen molar-refractivity contribution in [1.29, 1.82) is 0 Å². The summed E-state index contributed by atoms with van der Waals surface area (Å²) in [5.41, 5.74) is 1.18. The summed E-state index contributed by atoms with van der Waals surface area (Å²) >= 11 is 1.79. The average molecular weight is 198 g/mol. The van der Waals surface area contributed by atoms with Gasteiger partial charge < -0.3 is 5.32 Å². The van der Waals surface area contributed by atoms with Crippen molar-refractivity contribution in [1.82, 2.24) is 10.3 Å². The molecule has 0 unspecified atom stereocenters. The van der Waals surface area contributed by atoms with E-state index in [4.69, 9.17) is 0 Å². The fourth-order valence-corrected chi connectivity index (χ4v) is 2.12. The molecule has 0 spiro atoms. The molecule has 0 aliphatic heterocycles. The van der Waals surface area contributed by atoms with Crippen LogP contribution >= 0.6 is 11.3 Å². The zero-order valence-electron chi connectivity index (χ0n) is 8.85. The average Bonchev–Trinajstić information content (AvgIpc) is 2.29. The highest BCUT2D eigenvalue weighted by Crippen LogP contribution is 2.16. The van der Waals surface area contributed by atoms with Gasteiger partial charge in [0.2, 0.25) is 0 Å². The first kappa shape index (κ1) is 10.7. The summed E-state index contributed by atoms with van der Waals surface area (Å²) in [5.74, 6) is 0.717. The van der Waals surface area contributed by atoms with Crippen molar-refractivity contribution < 1.29 is 0 Å². The van der Waals surface area contributed by atoms with Crippen LogP contribution in [0.15, 0.2) is 0 Å². The largest absolute Gasteiger partial charge is 0.312 e. The fourth-order valence-electron chi connectivity index (χ4n) is 1.21. The molecule has 74 valence electrons. The topological polar surface area (TPSA) is 24.9 Å². The third-order valence-corrected chi connectivity index (χ3v) is 2.91. The van der Waals surface area contributed by atoms with Crippen molar-refractivity contribution in [2.24, 2.45) is 5.92 Å². The second kappa shape index (κ2) is 4.72. The minimum absolute atomic E-state index is 0.717. The quantitative estimate of drug-likeness (QED) is 0.804. The molecule has 0 aromatic carbocycles. The molecule has 3 heteroatoms. The van der Waals surface area contributed by atoms with Crippen LogP contribution in [-0.4, -0.2) is 11.5 Å². The number of aromatic nitrogens is 1. The van der Waals surface area contributed by atoms with Crippen LogP contribution in [0, 0.1) is 19.8 Å². The predicted molar refractivity (Wildman–Crippen MR) is 58.1 cm³/mol. The lowest BCUT2D eigenvalue weighted by molar-refractivity contribution is 0.554. The molecule has 1 aromatic rings. The Morgan fingerprint density at radius 1 is 1.38 bits per heavy atom. The molecular formula is C10H18N2S. The van der Waals surface area contributed by atoms with E-state index in [1.807, 2.05) is 0 Å². The van der Waals surface area contributed by atoms with Crippen LogP contribution in [0.5, 0.6) is 0 Å². The van der Waals surface area contributed by atoms with Crippen LogP contribution in [0.25, 0.3) is 0 Å². The lowest BCUT2D eigenvalue weighted by Crippen LogP contribution is -2.18.